The Bertz CT molecular complexity index is 1730. The Hall–Kier alpha value is -4.90. The lowest BCUT2D eigenvalue weighted by Gasteiger charge is -2.31. The molecule has 2 unspecified atom stereocenters. The minimum absolute atomic E-state index is 0.0309. The number of aliphatic carboxylic acids is 4. The lowest BCUT2D eigenvalue weighted by atomic mass is 9.75. The predicted molar refractivity (Wildman–Crippen MR) is 153 cm³/mol. The number of aromatic hydroxyl groups is 1. The standard InChI is InChI=1S/C31H34N2O13S/c1-17-7-19(9-21(30(17)42)11-32(13-25(34)35)14-26(36)37)29(23-5-3-4-6-24(23)47(44,45)46)20-8-18(2)31(43)22(10-20)12-33(15-27(38)39)16-28(40)41/h3-10,19,29,43H,11-16H2,1-2H3,(H,34,35)(H,36,37)(H,38,39)(H,40,41)(H,44,45,46)/p-4. The number of allylic oxidation sites excluding steroid dienone is 3. The number of hydrogen-bond donors (Lipinski definition) is 2. The van der Waals surface area contributed by atoms with E-state index in [4.69, 9.17) is 0 Å². The largest absolute Gasteiger partial charge is 0.549 e. The van der Waals surface area contributed by atoms with Crippen molar-refractivity contribution >= 4 is 39.8 Å². The van der Waals surface area contributed by atoms with Crippen molar-refractivity contribution in [3.8, 4) is 5.75 Å². The highest BCUT2D eigenvalue weighted by molar-refractivity contribution is 7.85. The quantitative estimate of drug-likeness (QED) is 0.163. The number of phenols is 1. The summed E-state index contributed by atoms with van der Waals surface area (Å²) in [6.07, 6.45) is 2.90. The first-order valence-corrected chi connectivity index (χ1v) is 15.4. The van der Waals surface area contributed by atoms with E-state index in [-0.39, 0.29) is 39.1 Å². The second-order valence-electron chi connectivity index (χ2n) is 11.1. The van der Waals surface area contributed by atoms with Crippen LogP contribution in [0, 0.1) is 12.8 Å². The van der Waals surface area contributed by atoms with Crippen LogP contribution in [-0.4, -0.2) is 90.3 Å². The van der Waals surface area contributed by atoms with Gasteiger partial charge >= 0.3 is 0 Å². The maximum atomic E-state index is 13.2. The summed E-state index contributed by atoms with van der Waals surface area (Å²) in [7, 11) is -4.85. The van der Waals surface area contributed by atoms with Gasteiger partial charge in [0.2, 0.25) is 0 Å². The van der Waals surface area contributed by atoms with E-state index in [0.717, 1.165) is 15.9 Å². The van der Waals surface area contributed by atoms with Gasteiger partial charge < -0.3 is 44.7 Å². The van der Waals surface area contributed by atoms with E-state index >= 15 is 0 Å². The van der Waals surface area contributed by atoms with Crippen molar-refractivity contribution in [1.29, 1.82) is 0 Å². The van der Waals surface area contributed by atoms with E-state index in [2.05, 4.69) is 0 Å². The molecule has 252 valence electrons. The molecule has 2 aromatic carbocycles. The first-order chi connectivity index (χ1) is 21.9. The zero-order valence-electron chi connectivity index (χ0n) is 25.2. The average molecular weight is 671 g/mol. The van der Waals surface area contributed by atoms with Gasteiger partial charge in [-0.05, 0) is 42.2 Å². The van der Waals surface area contributed by atoms with Crippen LogP contribution in [0.1, 0.15) is 35.1 Å². The Morgan fingerprint density at radius 2 is 1.34 bits per heavy atom. The number of carbonyl (C=O) groups excluding carboxylic acids is 5. The molecule has 1 aliphatic carbocycles. The van der Waals surface area contributed by atoms with Crippen LogP contribution in [0.4, 0.5) is 0 Å². The van der Waals surface area contributed by atoms with Crippen molar-refractivity contribution in [3.05, 3.63) is 82.0 Å². The summed E-state index contributed by atoms with van der Waals surface area (Å²) in [5, 5.41) is 56.0. The van der Waals surface area contributed by atoms with Crippen molar-refractivity contribution < 1.29 is 62.5 Å². The number of Topliss-reactive ketones (excluding diaryl/α,β-unsaturated/α-hetero) is 1. The fourth-order valence-corrected chi connectivity index (χ4v) is 6.35. The number of hydrogen-bond acceptors (Lipinski definition) is 14. The molecule has 0 aliphatic heterocycles. The van der Waals surface area contributed by atoms with Gasteiger partial charge in [0, 0.05) is 62.2 Å². The molecule has 0 heterocycles. The molecule has 0 aromatic heterocycles. The van der Waals surface area contributed by atoms with Gasteiger partial charge in [0.15, 0.2) is 5.78 Å². The molecule has 16 heteroatoms. The van der Waals surface area contributed by atoms with Gasteiger partial charge in [-0.25, -0.2) is 0 Å². The summed E-state index contributed by atoms with van der Waals surface area (Å²) in [5.41, 5.74) is 0.703. The van der Waals surface area contributed by atoms with Crippen molar-refractivity contribution in [1.82, 2.24) is 9.80 Å². The van der Waals surface area contributed by atoms with Crippen LogP contribution in [0.25, 0.3) is 0 Å². The Labute approximate surface area is 269 Å². The van der Waals surface area contributed by atoms with E-state index in [1.807, 2.05) is 0 Å². The van der Waals surface area contributed by atoms with Crippen LogP contribution in [0.2, 0.25) is 0 Å². The third-order valence-corrected chi connectivity index (χ3v) is 8.29. The van der Waals surface area contributed by atoms with Crippen LogP contribution >= 0.6 is 0 Å². The second kappa shape index (κ2) is 15.1. The number of benzene rings is 2. The van der Waals surface area contributed by atoms with Crippen molar-refractivity contribution in [2.24, 2.45) is 5.92 Å². The van der Waals surface area contributed by atoms with Gasteiger partial charge in [-0.1, -0.05) is 42.5 Å². The number of carbonyl (C=O) groups is 5. The normalized spacial score (nSPS) is 15.7. The molecule has 2 N–H and O–H groups in total. The summed E-state index contributed by atoms with van der Waals surface area (Å²) < 4.78 is 35.2. The van der Waals surface area contributed by atoms with Crippen LogP contribution < -0.4 is 20.4 Å². The molecular weight excluding hydrogens is 640 g/mol. The summed E-state index contributed by atoms with van der Waals surface area (Å²) in [4.78, 5) is 59.6. The highest BCUT2D eigenvalue weighted by Gasteiger charge is 2.33. The fourth-order valence-electron chi connectivity index (χ4n) is 5.60. The molecule has 3 rings (SSSR count). The molecule has 2 atom stereocenters. The fraction of sp³-hybridized carbons (Fsp3) is 0.323. The van der Waals surface area contributed by atoms with Crippen LogP contribution in [0.5, 0.6) is 5.75 Å². The highest BCUT2D eigenvalue weighted by Crippen LogP contribution is 2.42. The molecule has 2 aromatic rings. The molecule has 47 heavy (non-hydrogen) atoms. The molecule has 0 spiro atoms. The summed E-state index contributed by atoms with van der Waals surface area (Å²) >= 11 is 0. The Balaban J connectivity index is 2.28. The van der Waals surface area contributed by atoms with Gasteiger partial charge in [0.1, 0.15) is 5.75 Å². The molecule has 0 amide bonds. The molecule has 15 nitrogen and oxygen atoms in total. The third kappa shape index (κ3) is 9.79. The van der Waals surface area contributed by atoms with Gasteiger partial charge in [0.05, 0.1) is 28.8 Å². The molecule has 0 radical (unpaired) electrons. The molecule has 0 bridgehead atoms. The highest BCUT2D eigenvalue weighted by atomic mass is 32.2. The Morgan fingerprint density at radius 3 is 1.85 bits per heavy atom. The van der Waals surface area contributed by atoms with Crippen molar-refractivity contribution in [2.45, 2.75) is 31.2 Å². The van der Waals surface area contributed by atoms with Crippen molar-refractivity contribution in [3.63, 3.8) is 0 Å². The summed E-state index contributed by atoms with van der Waals surface area (Å²) in [5.74, 6) is -9.26. The minimum atomic E-state index is -4.85. The number of ketones is 1. The lowest BCUT2D eigenvalue weighted by Crippen LogP contribution is -2.45. The molecular formula is C31H30N2O13S-4. The SMILES string of the molecule is CC1=CC(C(c2cc(C)c(O)c(CN(CC(=O)[O-])CC(=O)[O-])c2)c2ccccc2S(=O)(=O)O)C=C(CN(CC(=O)[O-])CC(=O)[O-])C1=O. The zero-order valence-corrected chi connectivity index (χ0v) is 26.0. The number of carboxylic acids is 4. The summed E-state index contributed by atoms with van der Waals surface area (Å²) in [6.45, 7) is -1.32. The monoisotopic (exact) mass is 670 g/mol. The zero-order chi connectivity index (χ0) is 35.2. The minimum Gasteiger partial charge on any atom is -0.549 e. The van der Waals surface area contributed by atoms with Crippen LogP contribution in [0.3, 0.4) is 0 Å². The van der Waals surface area contributed by atoms with Gasteiger partial charge in [-0.15, -0.1) is 0 Å². The van der Waals surface area contributed by atoms with Gasteiger partial charge in [-0.2, -0.15) is 8.42 Å². The van der Waals surface area contributed by atoms with Gasteiger partial charge in [0.25, 0.3) is 10.1 Å². The smallest absolute Gasteiger partial charge is 0.294 e. The Morgan fingerprint density at radius 1 is 0.830 bits per heavy atom. The van der Waals surface area contributed by atoms with E-state index in [1.165, 1.54) is 56.3 Å². The topological polar surface area (TPSA) is 259 Å². The summed E-state index contributed by atoms with van der Waals surface area (Å²) in [6, 6.07) is 8.26. The van der Waals surface area contributed by atoms with Crippen LogP contribution in [0.15, 0.2) is 64.6 Å². The number of aryl methyl sites for hydroxylation is 1. The number of rotatable bonds is 16. The number of phenolic OH excluding ortho intramolecular Hbond substituents is 1. The Kier molecular flexibility index (Phi) is 11.8. The first-order valence-electron chi connectivity index (χ1n) is 13.9. The molecule has 1 aliphatic rings. The predicted octanol–water partition coefficient (Wildman–Crippen LogP) is -3.75. The van der Waals surface area contributed by atoms with E-state index in [0.29, 0.717) is 0 Å². The second-order valence-corrected chi connectivity index (χ2v) is 12.5. The van der Waals surface area contributed by atoms with E-state index < -0.39 is 95.8 Å². The lowest BCUT2D eigenvalue weighted by molar-refractivity contribution is -0.313. The van der Waals surface area contributed by atoms with Crippen LogP contribution in [-0.2, 0) is 40.6 Å². The number of carboxylic acid groups (broad SMARTS) is 4. The maximum Gasteiger partial charge on any atom is 0.294 e. The molecule has 0 fully saturated rings. The third-order valence-electron chi connectivity index (χ3n) is 7.36. The molecule has 0 saturated heterocycles. The first kappa shape index (κ1) is 36.6. The van der Waals surface area contributed by atoms with Crippen molar-refractivity contribution in [2.75, 3.05) is 32.7 Å². The maximum absolute atomic E-state index is 13.2. The molecule has 0 saturated carbocycles. The number of nitrogens with zero attached hydrogens (tertiary/aromatic N) is 2. The van der Waals surface area contributed by atoms with E-state index in [9.17, 15) is 62.5 Å². The average Bonchev–Trinajstić information content (AvgIpc) is 2.92. The van der Waals surface area contributed by atoms with E-state index in [1.54, 1.807) is 0 Å². The van der Waals surface area contributed by atoms with Gasteiger partial charge in [-0.3, -0.25) is 19.1 Å².